The van der Waals surface area contributed by atoms with Gasteiger partial charge in [0.25, 0.3) is 0 Å². The number of rotatable bonds is 1. The number of fused-ring (bicyclic) bond motifs is 5. The molecule has 4 rings (SSSR count). The van der Waals surface area contributed by atoms with Crippen molar-refractivity contribution >= 4 is 11.8 Å². The fraction of sp³-hybridized carbons (Fsp3) is 0.700. The highest BCUT2D eigenvalue weighted by molar-refractivity contribution is 6.01. The van der Waals surface area contributed by atoms with Crippen molar-refractivity contribution in [2.45, 2.75) is 63.1 Å². The molecule has 3 fully saturated rings. The maximum atomic E-state index is 16.6. The summed E-state index contributed by atoms with van der Waals surface area (Å²) in [6.07, 6.45) is 0.195. The molecule has 148 valence electrons. The van der Waals surface area contributed by atoms with E-state index in [4.69, 9.17) is 0 Å². The smallest absolute Gasteiger partial charge is 0.336 e. The summed E-state index contributed by atoms with van der Waals surface area (Å²) in [5.41, 5.74) is -7.05. The number of carboxylic acid groups (broad SMARTS) is 1. The number of hydrogen-bond donors (Lipinski definition) is 3. The molecule has 3 saturated carbocycles. The van der Waals surface area contributed by atoms with Crippen LogP contribution in [0.15, 0.2) is 23.8 Å². The molecule has 0 radical (unpaired) electrons. The van der Waals surface area contributed by atoms with Gasteiger partial charge in [-0.05, 0) is 56.3 Å². The molecule has 0 aromatic heterocycles. The number of carbonyl (C=O) groups is 2. The number of aliphatic carboxylic acids is 1. The van der Waals surface area contributed by atoms with E-state index in [1.165, 1.54) is 19.1 Å². The van der Waals surface area contributed by atoms with E-state index in [2.05, 4.69) is 0 Å². The Morgan fingerprint density at radius 1 is 1.30 bits per heavy atom. The standard InChI is InChI=1S/C20H24F2O5/c1-17-5-3-10(23)7-13(17)14(21)8-12-11-4-6-19(27,16(25)26)18(11,2)9-15(24)20(12,17)22/h3,5,7,11-12,14-15,24,27H,4,6,8-9H2,1-2H3,(H,25,26)/t11-,12-,14-,15-,17-,18-,19-,20-/m0/s1. The van der Waals surface area contributed by atoms with Crippen LogP contribution >= 0.6 is 0 Å². The van der Waals surface area contributed by atoms with Crippen LogP contribution in [0.5, 0.6) is 0 Å². The Labute approximate surface area is 155 Å². The van der Waals surface area contributed by atoms with Gasteiger partial charge in [0.2, 0.25) is 0 Å². The second-order valence-electron chi connectivity index (χ2n) is 9.06. The van der Waals surface area contributed by atoms with Gasteiger partial charge in [0.15, 0.2) is 17.1 Å². The zero-order chi connectivity index (χ0) is 20.0. The number of carbonyl (C=O) groups excluding carboxylic acids is 1. The molecule has 0 heterocycles. The minimum Gasteiger partial charge on any atom is -0.479 e. The third-order valence-electron chi connectivity index (χ3n) is 8.13. The van der Waals surface area contributed by atoms with Gasteiger partial charge in [0.05, 0.1) is 6.10 Å². The summed E-state index contributed by atoms with van der Waals surface area (Å²) in [6.45, 7) is 3.05. The van der Waals surface area contributed by atoms with Gasteiger partial charge < -0.3 is 15.3 Å². The molecular weight excluding hydrogens is 358 g/mol. The van der Waals surface area contributed by atoms with E-state index in [1.807, 2.05) is 0 Å². The molecule has 27 heavy (non-hydrogen) atoms. The summed E-state index contributed by atoms with van der Waals surface area (Å²) in [4.78, 5) is 23.5. The molecule has 3 N–H and O–H groups in total. The van der Waals surface area contributed by atoms with Gasteiger partial charge in [-0.25, -0.2) is 13.6 Å². The number of aliphatic hydroxyl groups excluding tert-OH is 1. The lowest BCUT2D eigenvalue weighted by Crippen LogP contribution is -2.70. The van der Waals surface area contributed by atoms with E-state index < -0.39 is 58.0 Å². The highest BCUT2D eigenvalue weighted by Crippen LogP contribution is 2.69. The van der Waals surface area contributed by atoms with Crippen molar-refractivity contribution in [1.82, 2.24) is 0 Å². The van der Waals surface area contributed by atoms with Gasteiger partial charge in [-0.3, -0.25) is 4.79 Å². The van der Waals surface area contributed by atoms with Crippen LogP contribution in [-0.4, -0.2) is 50.6 Å². The number of halogens is 2. The topological polar surface area (TPSA) is 94.8 Å². The molecule has 0 aromatic carbocycles. The van der Waals surface area contributed by atoms with Crippen LogP contribution in [0.2, 0.25) is 0 Å². The van der Waals surface area contributed by atoms with Crippen LogP contribution in [0.25, 0.3) is 0 Å². The highest BCUT2D eigenvalue weighted by atomic mass is 19.1. The number of alkyl halides is 2. The molecule has 8 atom stereocenters. The molecule has 0 aromatic rings. The molecule has 0 amide bonds. The van der Waals surface area contributed by atoms with Crippen LogP contribution < -0.4 is 0 Å². The number of ketones is 1. The van der Waals surface area contributed by atoms with Gasteiger partial charge in [0, 0.05) is 16.7 Å². The average molecular weight is 382 g/mol. The molecule has 0 spiro atoms. The maximum Gasteiger partial charge on any atom is 0.336 e. The van der Waals surface area contributed by atoms with Crippen molar-refractivity contribution in [2.24, 2.45) is 22.7 Å². The predicted molar refractivity (Wildman–Crippen MR) is 91.2 cm³/mol. The van der Waals surface area contributed by atoms with Crippen LogP contribution in [0.1, 0.15) is 39.5 Å². The van der Waals surface area contributed by atoms with Crippen molar-refractivity contribution in [3.8, 4) is 0 Å². The Balaban J connectivity index is 1.86. The molecule has 0 aliphatic heterocycles. The van der Waals surface area contributed by atoms with E-state index in [1.54, 1.807) is 6.92 Å². The summed E-state index contributed by atoms with van der Waals surface area (Å²) >= 11 is 0. The molecule has 7 heteroatoms. The Hall–Kier alpha value is -1.60. The van der Waals surface area contributed by atoms with Crippen molar-refractivity contribution < 1.29 is 33.7 Å². The lowest BCUT2D eigenvalue weighted by molar-refractivity contribution is -0.226. The fourth-order valence-corrected chi connectivity index (χ4v) is 6.56. The Morgan fingerprint density at radius 3 is 2.59 bits per heavy atom. The zero-order valence-electron chi connectivity index (χ0n) is 15.3. The van der Waals surface area contributed by atoms with Crippen LogP contribution in [0.4, 0.5) is 8.78 Å². The van der Waals surface area contributed by atoms with Gasteiger partial charge in [0.1, 0.15) is 6.17 Å². The summed E-state index contributed by atoms with van der Waals surface area (Å²) in [5, 5.41) is 31.3. The summed E-state index contributed by atoms with van der Waals surface area (Å²) in [6, 6.07) is 0. The summed E-state index contributed by atoms with van der Waals surface area (Å²) in [5.74, 6) is -3.36. The number of hydrogen-bond acceptors (Lipinski definition) is 4. The molecule has 0 unspecified atom stereocenters. The largest absolute Gasteiger partial charge is 0.479 e. The van der Waals surface area contributed by atoms with Crippen LogP contribution in [-0.2, 0) is 9.59 Å². The first kappa shape index (κ1) is 18.7. The quantitative estimate of drug-likeness (QED) is 0.646. The fourth-order valence-electron chi connectivity index (χ4n) is 6.56. The summed E-state index contributed by atoms with van der Waals surface area (Å²) < 4.78 is 31.7. The SMILES string of the molecule is C[C@]12C=CC(=O)C=C1[C@@H](F)C[C@H]1[C@@H]3CC[C@](O)(C(=O)O)[C@@]3(C)C[C@H](O)[C@@]12F. The molecule has 4 aliphatic rings. The first-order chi connectivity index (χ1) is 12.4. The van der Waals surface area contributed by atoms with Crippen molar-refractivity contribution in [2.75, 3.05) is 0 Å². The zero-order valence-corrected chi connectivity index (χ0v) is 15.3. The lowest BCUT2D eigenvalue weighted by atomic mass is 9.44. The predicted octanol–water partition coefficient (Wildman–Crippen LogP) is 2.12. The second-order valence-corrected chi connectivity index (χ2v) is 9.06. The Bertz CT molecular complexity index is 793. The van der Waals surface area contributed by atoms with E-state index >= 15 is 8.78 Å². The Kier molecular flexibility index (Phi) is 3.65. The maximum absolute atomic E-state index is 16.6. The van der Waals surface area contributed by atoms with Gasteiger partial charge >= 0.3 is 5.97 Å². The highest BCUT2D eigenvalue weighted by Gasteiger charge is 2.75. The number of aliphatic hydroxyl groups is 2. The molecule has 4 aliphatic carbocycles. The first-order valence-electron chi connectivity index (χ1n) is 9.34. The van der Waals surface area contributed by atoms with Gasteiger partial charge in [-0.1, -0.05) is 13.0 Å². The van der Waals surface area contributed by atoms with E-state index in [-0.39, 0.29) is 31.3 Å². The monoisotopic (exact) mass is 382 g/mol. The van der Waals surface area contributed by atoms with E-state index in [0.717, 1.165) is 6.08 Å². The van der Waals surface area contributed by atoms with E-state index in [0.29, 0.717) is 0 Å². The van der Waals surface area contributed by atoms with Crippen molar-refractivity contribution in [1.29, 1.82) is 0 Å². The van der Waals surface area contributed by atoms with Gasteiger partial charge in [-0.2, -0.15) is 0 Å². The Morgan fingerprint density at radius 2 is 1.96 bits per heavy atom. The van der Waals surface area contributed by atoms with Gasteiger partial charge in [-0.15, -0.1) is 0 Å². The minimum atomic E-state index is -2.24. The van der Waals surface area contributed by atoms with Crippen LogP contribution in [0, 0.1) is 22.7 Å². The number of carboxylic acids is 1. The lowest BCUT2D eigenvalue weighted by Gasteiger charge is -2.62. The third kappa shape index (κ3) is 1.94. The normalized spacial score (nSPS) is 54.0. The molecule has 0 saturated heterocycles. The second kappa shape index (κ2) is 5.26. The third-order valence-corrected chi connectivity index (χ3v) is 8.13. The van der Waals surface area contributed by atoms with Crippen LogP contribution in [0.3, 0.4) is 0 Å². The van der Waals surface area contributed by atoms with E-state index in [9.17, 15) is 24.9 Å². The average Bonchev–Trinajstić information content (AvgIpc) is 2.85. The number of allylic oxidation sites excluding steroid dienone is 4. The molecular formula is C20H24F2O5. The summed E-state index contributed by atoms with van der Waals surface area (Å²) in [7, 11) is 0. The first-order valence-corrected chi connectivity index (χ1v) is 9.34. The van der Waals surface area contributed by atoms with Crippen molar-refractivity contribution in [3.63, 3.8) is 0 Å². The molecule has 5 nitrogen and oxygen atoms in total. The molecule has 0 bridgehead atoms. The minimum absolute atomic E-state index is 0.0305. The van der Waals surface area contributed by atoms with Crippen molar-refractivity contribution in [3.05, 3.63) is 23.8 Å².